The fourth-order valence-electron chi connectivity index (χ4n) is 1.21. The van der Waals surface area contributed by atoms with E-state index in [1.54, 1.807) is 17.4 Å². The highest BCUT2D eigenvalue weighted by molar-refractivity contribution is 7.08. The van der Waals surface area contributed by atoms with Gasteiger partial charge in [-0.2, -0.15) is 16.6 Å². The van der Waals surface area contributed by atoms with Crippen LogP contribution in [-0.4, -0.2) is 4.98 Å². The molecule has 2 heterocycles. The molecule has 0 aliphatic rings. The summed E-state index contributed by atoms with van der Waals surface area (Å²) in [6.07, 6.45) is 0. The summed E-state index contributed by atoms with van der Waals surface area (Å²) in [7, 11) is 0. The third-order valence-corrected chi connectivity index (χ3v) is 2.62. The molecule has 2 aromatic rings. The van der Waals surface area contributed by atoms with Gasteiger partial charge in [-0.3, -0.25) is 0 Å². The van der Waals surface area contributed by atoms with Crippen LogP contribution in [0.3, 0.4) is 0 Å². The molecule has 0 aromatic carbocycles. The van der Waals surface area contributed by atoms with E-state index in [0.29, 0.717) is 11.4 Å². The van der Waals surface area contributed by atoms with E-state index < -0.39 is 0 Å². The van der Waals surface area contributed by atoms with Crippen molar-refractivity contribution in [3.05, 3.63) is 40.2 Å². The summed E-state index contributed by atoms with van der Waals surface area (Å²) in [5.41, 5.74) is 2.42. The summed E-state index contributed by atoms with van der Waals surface area (Å²) < 4.78 is 0. The number of nitrogens with zero attached hydrogens (tertiary/aromatic N) is 2. The molecule has 0 spiro atoms. The number of thiophene rings is 1. The van der Waals surface area contributed by atoms with Crippen LogP contribution in [0.1, 0.15) is 11.3 Å². The van der Waals surface area contributed by atoms with Gasteiger partial charge in [0.2, 0.25) is 0 Å². The highest BCUT2D eigenvalue weighted by Crippen LogP contribution is 2.20. The minimum Gasteiger partial charge on any atom is -0.338 e. The van der Waals surface area contributed by atoms with Crippen molar-refractivity contribution >= 4 is 22.8 Å². The number of pyridine rings is 1. The highest BCUT2D eigenvalue weighted by atomic mass is 32.1. The summed E-state index contributed by atoms with van der Waals surface area (Å²) in [4.78, 5) is 4.29. The van der Waals surface area contributed by atoms with Crippen LogP contribution >= 0.6 is 11.3 Å². The van der Waals surface area contributed by atoms with Gasteiger partial charge < -0.3 is 5.32 Å². The average Bonchev–Trinajstić information content (AvgIpc) is 2.71. The number of hydrogen-bond acceptors (Lipinski definition) is 4. The molecule has 0 fully saturated rings. The molecule has 1 N–H and O–H groups in total. The van der Waals surface area contributed by atoms with E-state index in [2.05, 4.69) is 16.4 Å². The molecule has 74 valence electrons. The van der Waals surface area contributed by atoms with E-state index in [-0.39, 0.29) is 0 Å². The Hall–Kier alpha value is -1.86. The summed E-state index contributed by atoms with van der Waals surface area (Å²) >= 11 is 1.60. The van der Waals surface area contributed by atoms with Gasteiger partial charge in [0.05, 0.1) is 11.3 Å². The maximum atomic E-state index is 8.91. The van der Waals surface area contributed by atoms with Crippen molar-refractivity contribution < 1.29 is 0 Å². The number of nitrogens with one attached hydrogen (secondary N) is 1. The summed E-state index contributed by atoms with van der Waals surface area (Å²) in [5, 5.41) is 16.0. The fourth-order valence-corrected chi connectivity index (χ4v) is 1.80. The van der Waals surface area contributed by atoms with E-state index in [0.717, 1.165) is 11.4 Å². The Bertz CT molecular complexity index is 497. The second kappa shape index (κ2) is 4.11. The zero-order chi connectivity index (χ0) is 10.7. The van der Waals surface area contributed by atoms with Crippen LogP contribution in [0, 0.1) is 18.3 Å². The van der Waals surface area contributed by atoms with Gasteiger partial charge >= 0.3 is 0 Å². The van der Waals surface area contributed by atoms with Gasteiger partial charge in [-0.15, -0.1) is 0 Å². The van der Waals surface area contributed by atoms with Crippen molar-refractivity contribution in [2.24, 2.45) is 0 Å². The fraction of sp³-hybridized carbons (Fsp3) is 0.0909. The minimum atomic E-state index is 0.562. The van der Waals surface area contributed by atoms with Crippen LogP contribution in [0.15, 0.2) is 29.0 Å². The Labute approximate surface area is 92.0 Å². The van der Waals surface area contributed by atoms with Gasteiger partial charge in [0.25, 0.3) is 0 Å². The largest absolute Gasteiger partial charge is 0.338 e. The number of rotatable bonds is 2. The molecule has 0 saturated carbocycles. The van der Waals surface area contributed by atoms with Crippen LogP contribution in [-0.2, 0) is 0 Å². The summed E-state index contributed by atoms with van der Waals surface area (Å²) in [5.74, 6) is 0.621. The Kier molecular flexibility index (Phi) is 2.66. The summed E-state index contributed by atoms with van der Waals surface area (Å²) in [6.45, 7) is 1.90. The molecule has 4 heteroatoms. The molecule has 0 bridgehead atoms. The maximum absolute atomic E-state index is 8.91. The van der Waals surface area contributed by atoms with E-state index in [1.807, 2.05) is 29.8 Å². The van der Waals surface area contributed by atoms with Crippen molar-refractivity contribution in [3.8, 4) is 6.07 Å². The molecular formula is C11H9N3S. The Morgan fingerprint density at radius 2 is 2.27 bits per heavy atom. The van der Waals surface area contributed by atoms with Crippen molar-refractivity contribution in [1.29, 1.82) is 5.26 Å². The zero-order valence-electron chi connectivity index (χ0n) is 8.19. The highest BCUT2D eigenvalue weighted by Gasteiger charge is 2.04. The Morgan fingerprint density at radius 1 is 1.40 bits per heavy atom. The normalized spacial score (nSPS) is 9.60. The Morgan fingerprint density at radius 3 is 2.93 bits per heavy atom. The van der Waals surface area contributed by atoms with E-state index in [9.17, 15) is 0 Å². The number of aromatic nitrogens is 1. The lowest BCUT2D eigenvalue weighted by Crippen LogP contribution is -1.97. The van der Waals surface area contributed by atoms with Crippen LogP contribution in [0.4, 0.5) is 11.5 Å². The van der Waals surface area contributed by atoms with Crippen LogP contribution in [0.2, 0.25) is 0 Å². The van der Waals surface area contributed by atoms with Gasteiger partial charge in [0.1, 0.15) is 11.9 Å². The lowest BCUT2D eigenvalue weighted by Gasteiger charge is -2.05. The van der Waals surface area contributed by atoms with Crippen LogP contribution < -0.4 is 5.32 Å². The number of aryl methyl sites for hydroxylation is 1. The first kappa shape index (κ1) is 9.69. The average molecular weight is 215 g/mol. The molecule has 15 heavy (non-hydrogen) atoms. The van der Waals surface area contributed by atoms with Gasteiger partial charge in [-0.25, -0.2) is 4.98 Å². The first-order valence-corrected chi connectivity index (χ1v) is 5.41. The topological polar surface area (TPSA) is 48.7 Å². The standard InChI is InChI=1S/C11H9N3S/c1-8-2-3-9(6-12)11(13-8)14-10-4-5-15-7-10/h2-5,7H,1H3,(H,13,14). The monoisotopic (exact) mass is 215 g/mol. The smallest absolute Gasteiger partial charge is 0.148 e. The molecule has 0 radical (unpaired) electrons. The van der Waals surface area contributed by atoms with E-state index >= 15 is 0 Å². The molecule has 2 rings (SSSR count). The van der Waals surface area contributed by atoms with Crippen molar-refractivity contribution in [3.63, 3.8) is 0 Å². The van der Waals surface area contributed by atoms with Crippen LogP contribution in [0.25, 0.3) is 0 Å². The molecule has 0 saturated heterocycles. The summed E-state index contributed by atoms with van der Waals surface area (Å²) in [6, 6.07) is 7.67. The van der Waals surface area contributed by atoms with Gasteiger partial charge in [-0.1, -0.05) is 0 Å². The SMILES string of the molecule is Cc1ccc(C#N)c(Nc2ccsc2)n1. The third kappa shape index (κ3) is 2.14. The number of hydrogen-bond donors (Lipinski definition) is 1. The zero-order valence-corrected chi connectivity index (χ0v) is 9.01. The molecule has 0 amide bonds. The Balaban J connectivity index is 2.35. The molecule has 2 aromatic heterocycles. The van der Waals surface area contributed by atoms with Crippen molar-refractivity contribution in [2.45, 2.75) is 6.92 Å². The van der Waals surface area contributed by atoms with Gasteiger partial charge in [-0.05, 0) is 30.5 Å². The first-order chi connectivity index (χ1) is 7.29. The molecular weight excluding hydrogens is 206 g/mol. The van der Waals surface area contributed by atoms with Crippen molar-refractivity contribution in [1.82, 2.24) is 4.98 Å². The van der Waals surface area contributed by atoms with E-state index in [4.69, 9.17) is 5.26 Å². The third-order valence-electron chi connectivity index (χ3n) is 1.94. The molecule has 0 unspecified atom stereocenters. The molecule has 0 aliphatic carbocycles. The van der Waals surface area contributed by atoms with Gasteiger partial charge in [0, 0.05) is 11.1 Å². The van der Waals surface area contributed by atoms with Crippen molar-refractivity contribution in [2.75, 3.05) is 5.32 Å². The van der Waals surface area contributed by atoms with Crippen LogP contribution in [0.5, 0.6) is 0 Å². The number of anilines is 2. The quantitative estimate of drug-likeness (QED) is 0.837. The maximum Gasteiger partial charge on any atom is 0.148 e. The predicted molar refractivity (Wildman–Crippen MR) is 61.3 cm³/mol. The van der Waals surface area contributed by atoms with E-state index in [1.165, 1.54) is 0 Å². The molecule has 0 atom stereocenters. The number of nitriles is 1. The second-order valence-corrected chi connectivity index (χ2v) is 3.88. The minimum absolute atomic E-state index is 0.562. The predicted octanol–water partition coefficient (Wildman–Crippen LogP) is 3.07. The lowest BCUT2D eigenvalue weighted by molar-refractivity contribution is 1.19. The van der Waals surface area contributed by atoms with Gasteiger partial charge in [0.15, 0.2) is 0 Å². The second-order valence-electron chi connectivity index (χ2n) is 3.10. The molecule has 3 nitrogen and oxygen atoms in total. The first-order valence-electron chi connectivity index (χ1n) is 4.46. The lowest BCUT2D eigenvalue weighted by atomic mass is 10.2. The molecule has 0 aliphatic heterocycles.